The number of nitro benzene ring substituents is 1. The quantitative estimate of drug-likeness (QED) is 0.118. The van der Waals surface area contributed by atoms with Gasteiger partial charge >= 0.3 is 5.97 Å². The van der Waals surface area contributed by atoms with E-state index >= 15 is 0 Å². The molecule has 2 aromatic rings. The SMILES string of the molecule is Cc1cc(OC(=O)[C@@H]2CC(=O)N(c3ccc([N+](=O)[O-])cc3)C2)ccc1N1C(=O)[C@@H]2C[C@H](Br)[C@@H](Br)C[C@H]2C1=O. The molecule has 0 radical (unpaired) electrons. The Bertz CT molecular complexity index is 1320. The number of benzene rings is 2. The third-order valence-corrected chi connectivity index (χ3v) is 10.1. The molecule has 12 heteroatoms. The fourth-order valence-corrected chi connectivity index (χ4v) is 6.58. The second kappa shape index (κ2) is 10.2. The van der Waals surface area contributed by atoms with Crippen LogP contribution >= 0.6 is 31.9 Å². The first kappa shape index (κ1) is 26.5. The van der Waals surface area contributed by atoms with Gasteiger partial charge in [-0.3, -0.25) is 29.3 Å². The van der Waals surface area contributed by atoms with Crippen molar-refractivity contribution in [2.75, 3.05) is 16.3 Å². The summed E-state index contributed by atoms with van der Waals surface area (Å²) in [6.07, 6.45) is 1.11. The summed E-state index contributed by atoms with van der Waals surface area (Å²) in [7, 11) is 0. The van der Waals surface area contributed by atoms with Gasteiger partial charge in [-0.05, 0) is 55.7 Å². The molecule has 3 aliphatic rings. The first-order chi connectivity index (χ1) is 18.0. The number of ether oxygens (including phenoxy) is 1. The van der Waals surface area contributed by atoms with Gasteiger partial charge in [-0.2, -0.15) is 0 Å². The number of hydrogen-bond acceptors (Lipinski definition) is 7. The Kier molecular flexibility index (Phi) is 7.12. The normalized spacial score (nSPS) is 27.0. The minimum atomic E-state index is -0.711. The highest BCUT2D eigenvalue weighted by Gasteiger charge is 2.52. The number of esters is 1. The minimum Gasteiger partial charge on any atom is -0.426 e. The molecule has 0 bridgehead atoms. The van der Waals surface area contributed by atoms with Crippen LogP contribution in [-0.4, -0.2) is 44.8 Å². The van der Waals surface area contributed by atoms with Crippen molar-refractivity contribution in [1.29, 1.82) is 0 Å². The molecule has 2 heterocycles. The summed E-state index contributed by atoms with van der Waals surface area (Å²) in [5, 5.41) is 10.9. The summed E-state index contributed by atoms with van der Waals surface area (Å²) in [4.78, 5) is 64.9. The maximum atomic E-state index is 13.1. The van der Waals surface area contributed by atoms with Crippen LogP contribution in [-0.2, 0) is 19.2 Å². The molecule has 5 atom stereocenters. The molecular formula is C26H23Br2N3O7. The Balaban J connectivity index is 1.26. The van der Waals surface area contributed by atoms with Gasteiger partial charge in [-0.1, -0.05) is 31.9 Å². The molecule has 1 aliphatic carbocycles. The third kappa shape index (κ3) is 4.75. The van der Waals surface area contributed by atoms with Gasteiger partial charge < -0.3 is 9.64 Å². The van der Waals surface area contributed by atoms with Crippen LogP contribution in [0, 0.1) is 34.8 Å². The Hall–Kier alpha value is -3.12. The summed E-state index contributed by atoms with van der Waals surface area (Å²) in [5.41, 5.74) is 1.45. The zero-order valence-electron chi connectivity index (χ0n) is 20.2. The maximum Gasteiger partial charge on any atom is 0.316 e. The summed E-state index contributed by atoms with van der Waals surface area (Å²) < 4.78 is 5.55. The molecule has 0 unspecified atom stereocenters. The van der Waals surface area contributed by atoms with Gasteiger partial charge in [0.05, 0.1) is 28.4 Å². The predicted molar refractivity (Wildman–Crippen MR) is 145 cm³/mol. The van der Waals surface area contributed by atoms with E-state index < -0.39 is 16.8 Å². The number of rotatable bonds is 5. The lowest BCUT2D eigenvalue weighted by atomic mass is 9.81. The molecule has 198 valence electrons. The number of nitro groups is 1. The Morgan fingerprint density at radius 1 is 1.00 bits per heavy atom. The topological polar surface area (TPSA) is 127 Å². The molecule has 0 aromatic heterocycles. The standard InChI is InChI=1S/C26H23Br2N3O7/c1-13-8-17(6-7-22(13)30-24(33)18-10-20(27)21(28)11-19(18)25(30)34)38-26(35)14-9-23(32)29(12-14)15-2-4-16(5-3-15)31(36)37/h2-8,14,18-21H,9-12H2,1H3/t14-,18-,19-,20+,21+/m1/s1. The van der Waals surface area contributed by atoms with E-state index in [2.05, 4.69) is 31.9 Å². The van der Waals surface area contributed by atoms with Crippen molar-refractivity contribution in [3.05, 3.63) is 58.1 Å². The molecule has 3 fully saturated rings. The van der Waals surface area contributed by atoms with Crippen LogP contribution in [0.25, 0.3) is 0 Å². The van der Waals surface area contributed by atoms with Crippen molar-refractivity contribution in [3.63, 3.8) is 0 Å². The fourth-order valence-electron chi connectivity index (χ4n) is 5.34. The van der Waals surface area contributed by atoms with E-state index in [1.807, 2.05) is 0 Å². The molecule has 2 aliphatic heterocycles. The van der Waals surface area contributed by atoms with Gasteiger partial charge in [0, 0.05) is 40.4 Å². The molecule has 2 saturated heterocycles. The molecule has 0 N–H and O–H groups in total. The number of carbonyl (C=O) groups is 4. The molecule has 3 amide bonds. The number of halogens is 2. The number of non-ortho nitro benzene ring substituents is 1. The third-order valence-electron chi connectivity index (χ3n) is 7.37. The van der Waals surface area contributed by atoms with Gasteiger partial charge in [0.25, 0.3) is 5.69 Å². The van der Waals surface area contributed by atoms with E-state index in [1.165, 1.54) is 40.1 Å². The van der Waals surface area contributed by atoms with Gasteiger partial charge in [-0.15, -0.1) is 0 Å². The minimum absolute atomic E-state index is 0.0461. The van der Waals surface area contributed by atoms with Crippen LogP contribution in [0.15, 0.2) is 42.5 Å². The Labute approximate surface area is 234 Å². The summed E-state index contributed by atoms with van der Waals surface area (Å²) in [6.45, 7) is 1.83. The molecule has 1 saturated carbocycles. The number of amides is 3. The summed E-state index contributed by atoms with van der Waals surface area (Å²) in [5.74, 6) is -2.49. The summed E-state index contributed by atoms with van der Waals surface area (Å²) in [6, 6.07) is 10.3. The van der Waals surface area contributed by atoms with E-state index in [0.717, 1.165) is 0 Å². The zero-order valence-corrected chi connectivity index (χ0v) is 23.4. The Morgan fingerprint density at radius 3 is 2.16 bits per heavy atom. The van der Waals surface area contributed by atoms with Gasteiger partial charge in [0.1, 0.15) is 5.75 Å². The Morgan fingerprint density at radius 2 is 1.61 bits per heavy atom. The van der Waals surface area contributed by atoms with Crippen molar-refractivity contribution in [3.8, 4) is 5.75 Å². The van der Waals surface area contributed by atoms with E-state index in [0.29, 0.717) is 29.8 Å². The van der Waals surface area contributed by atoms with Crippen molar-refractivity contribution in [2.24, 2.45) is 17.8 Å². The van der Waals surface area contributed by atoms with Crippen molar-refractivity contribution >= 4 is 72.6 Å². The zero-order chi connectivity index (χ0) is 27.3. The van der Waals surface area contributed by atoms with E-state index in [1.54, 1.807) is 19.1 Å². The van der Waals surface area contributed by atoms with Crippen LogP contribution in [0.3, 0.4) is 0 Å². The lowest BCUT2D eigenvalue weighted by Crippen LogP contribution is -2.34. The van der Waals surface area contributed by atoms with Gasteiger partial charge in [0.15, 0.2) is 0 Å². The van der Waals surface area contributed by atoms with Crippen LogP contribution < -0.4 is 14.5 Å². The molecule has 0 spiro atoms. The monoisotopic (exact) mass is 647 g/mol. The first-order valence-corrected chi connectivity index (χ1v) is 13.9. The van der Waals surface area contributed by atoms with Crippen molar-refractivity contribution in [2.45, 2.75) is 35.8 Å². The number of carbonyl (C=O) groups excluding carboxylic acids is 4. The first-order valence-electron chi connectivity index (χ1n) is 12.1. The number of nitrogens with zero attached hydrogens (tertiary/aromatic N) is 3. The number of hydrogen-bond donors (Lipinski definition) is 0. The largest absolute Gasteiger partial charge is 0.426 e. The van der Waals surface area contributed by atoms with Crippen molar-refractivity contribution in [1.82, 2.24) is 0 Å². The highest BCUT2D eigenvalue weighted by Crippen LogP contribution is 2.45. The molecule has 2 aromatic carbocycles. The molecule has 10 nitrogen and oxygen atoms in total. The maximum absolute atomic E-state index is 13.1. The number of imide groups is 1. The van der Waals surface area contributed by atoms with Gasteiger partial charge in [0.2, 0.25) is 17.7 Å². The molecular weight excluding hydrogens is 626 g/mol. The van der Waals surface area contributed by atoms with Crippen LogP contribution in [0.5, 0.6) is 5.75 Å². The predicted octanol–water partition coefficient (Wildman–Crippen LogP) is 4.29. The number of alkyl halides is 2. The second-order valence-electron chi connectivity index (χ2n) is 9.78. The molecule has 38 heavy (non-hydrogen) atoms. The van der Waals surface area contributed by atoms with Gasteiger partial charge in [-0.25, -0.2) is 4.90 Å². The highest BCUT2D eigenvalue weighted by atomic mass is 79.9. The average Bonchev–Trinajstić information content (AvgIpc) is 3.37. The second-order valence-corrected chi connectivity index (χ2v) is 12.1. The van der Waals surface area contributed by atoms with Crippen molar-refractivity contribution < 1.29 is 28.8 Å². The lowest BCUT2D eigenvalue weighted by molar-refractivity contribution is -0.384. The van der Waals surface area contributed by atoms with E-state index in [4.69, 9.17) is 4.74 Å². The average molecular weight is 649 g/mol. The molecule has 5 rings (SSSR count). The van der Waals surface area contributed by atoms with Crippen LogP contribution in [0.4, 0.5) is 17.1 Å². The fraction of sp³-hybridized carbons (Fsp3) is 0.385. The van der Waals surface area contributed by atoms with Crippen LogP contribution in [0.2, 0.25) is 0 Å². The highest BCUT2D eigenvalue weighted by molar-refractivity contribution is 9.12. The van der Waals surface area contributed by atoms with Crippen LogP contribution in [0.1, 0.15) is 24.8 Å². The summed E-state index contributed by atoms with van der Waals surface area (Å²) >= 11 is 7.18. The smallest absolute Gasteiger partial charge is 0.316 e. The lowest BCUT2D eigenvalue weighted by Gasteiger charge is -2.29. The van der Waals surface area contributed by atoms with E-state index in [-0.39, 0.29) is 63.6 Å². The van der Waals surface area contributed by atoms with E-state index in [9.17, 15) is 29.3 Å². The number of anilines is 2. The number of aryl methyl sites for hydroxylation is 1. The number of fused-ring (bicyclic) bond motifs is 1.